The van der Waals surface area contributed by atoms with Crippen LogP contribution in [0.25, 0.3) is 4.96 Å². The van der Waals surface area contributed by atoms with Crippen LogP contribution in [-0.2, 0) is 6.54 Å². The predicted octanol–water partition coefficient (Wildman–Crippen LogP) is 3.29. The minimum absolute atomic E-state index is 0.472. The number of nitrogens with zero attached hydrogens (tertiary/aromatic N) is 2. The van der Waals surface area contributed by atoms with Crippen LogP contribution in [0.1, 0.15) is 5.69 Å². The van der Waals surface area contributed by atoms with Crippen molar-refractivity contribution in [1.82, 2.24) is 9.38 Å². The van der Waals surface area contributed by atoms with Gasteiger partial charge in [0.05, 0.1) is 12.2 Å². The van der Waals surface area contributed by atoms with Crippen molar-refractivity contribution in [3.05, 3.63) is 53.3 Å². The number of fused-ring (bicyclic) bond motifs is 1. The molecule has 0 saturated heterocycles. The highest BCUT2D eigenvalue weighted by molar-refractivity contribution is 7.15. The highest BCUT2D eigenvalue weighted by Gasteiger charge is 2.04. The average molecular weight is 265 g/mol. The number of aromatic nitrogens is 2. The van der Waals surface area contributed by atoms with Crippen LogP contribution in [-0.4, -0.2) is 9.38 Å². The van der Waals surface area contributed by atoms with E-state index < -0.39 is 11.6 Å². The molecule has 0 amide bonds. The molecule has 18 heavy (non-hydrogen) atoms. The molecule has 1 N–H and O–H groups in total. The van der Waals surface area contributed by atoms with Gasteiger partial charge >= 0.3 is 0 Å². The fourth-order valence-corrected chi connectivity index (χ4v) is 2.38. The smallest absolute Gasteiger partial charge is 0.193 e. The van der Waals surface area contributed by atoms with Gasteiger partial charge in [0, 0.05) is 29.5 Å². The summed E-state index contributed by atoms with van der Waals surface area (Å²) in [5.74, 6) is -1.70. The number of benzene rings is 1. The maximum Gasteiger partial charge on any atom is 0.193 e. The van der Waals surface area contributed by atoms with E-state index in [0.29, 0.717) is 12.2 Å². The highest BCUT2D eigenvalue weighted by Crippen LogP contribution is 2.15. The van der Waals surface area contributed by atoms with Crippen LogP contribution in [0, 0.1) is 11.6 Å². The lowest BCUT2D eigenvalue weighted by Crippen LogP contribution is -2.00. The summed E-state index contributed by atoms with van der Waals surface area (Å²) in [6.45, 7) is 0.472. The van der Waals surface area contributed by atoms with E-state index in [2.05, 4.69) is 10.3 Å². The van der Waals surface area contributed by atoms with Crippen molar-refractivity contribution in [3.63, 3.8) is 0 Å². The van der Waals surface area contributed by atoms with E-state index in [1.54, 1.807) is 11.3 Å². The first kappa shape index (κ1) is 11.2. The zero-order valence-electron chi connectivity index (χ0n) is 9.23. The molecule has 3 nitrogen and oxygen atoms in total. The molecule has 0 bridgehead atoms. The van der Waals surface area contributed by atoms with E-state index in [9.17, 15) is 8.78 Å². The summed E-state index contributed by atoms with van der Waals surface area (Å²) >= 11 is 1.55. The SMILES string of the molecule is Fc1ccc(NCc2cn3ccsc3n2)cc1F. The van der Waals surface area contributed by atoms with Gasteiger partial charge in [-0.3, -0.25) is 4.40 Å². The van der Waals surface area contributed by atoms with Gasteiger partial charge in [-0.2, -0.15) is 0 Å². The molecule has 0 fully saturated rings. The summed E-state index contributed by atoms with van der Waals surface area (Å²) in [4.78, 5) is 5.29. The average Bonchev–Trinajstić information content (AvgIpc) is 2.91. The van der Waals surface area contributed by atoms with E-state index >= 15 is 0 Å². The molecule has 0 atom stereocenters. The minimum atomic E-state index is -0.856. The third kappa shape index (κ3) is 2.06. The number of nitrogens with one attached hydrogen (secondary N) is 1. The van der Waals surface area contributed by atoms with Crippen molar-refractivity contribution in [2.45, 2.75) is 6.54 Å². The van der Waals surface area contributed by atoms with E-state index in [1.165, 1.54) is 6.07 Å². The second-order valence-electron chi connectivity index (χ2n) is 3.81. The van der Waals surface area contributed by atoms with Crippen molar-refractivity contribution < 1.29 is 8.78 Å². The number of thiazole rings is 1. The molecular weight excluding hydrogens is 256 g/mol. The molecule has 0 aliphatic heterocycles. The summed E-state index contributed by atoms with van der Waals surface area (Å²) in [7, 11) is 0. The Balaban J connectivity index is 1.73. The van der Waals surface area contributed by atoms with Gasteiger partial charge in [0.25, 0.3) is 0 Å². The molecule has 3 rings (SSSR count). The first-order chi connectivity index (χ1) is 8.72. The van der Waals surface area contributed by atoms with Crippen LogP contribution in [0.2, 0.25) is 0 Å². The lowest BCUT2D eigenvalue weighted by Gasteiger charge is -2.04. The molecule has 6 heteroatoms. The molecule has 0 aliphatic carbocycles. The topological polar surface area (TPSA) is 29.3 Å². The normalized spacial score (nSPS) is 11.0. The third-order valence-electron chi connectivity index (χ3n) is 2.54. The monoisotopic (exact) mass is 265 g/mol. The second kappa shape index (κ2) is 4.38. The fourth-order valence-electron chi connectivity index (χ4n) is 1.66. The summed E-state index contributed by atoms with van der Waals surface area (Å²) in [6, 6.07) is 3.73. The van der Waals surface area contributed by atoms with Gasteiger partial charge in [-0.1, -0.05) is 0 Å². The van der Waals surface area contributed by atoms with Crippen molar-refractivity contribution in [3.8, 4) is 0 Å². The standard InChI is InChI=1S/C12H9F2N3S/c13-10-2-1-8(5-11(10)14)15-6-9-7-17-3-4-18-12(17)16-9/h1-5,7,15H,6H2. The first-order valence-electron chi connectivity index (χ1n) is 5.32. The number of anilines is 1. The molecule has 0 unspecified atom stereocenters. The third-order valence-corrected chi connectivity index (χ3v) is 3.31. The Kier molecular flexibility index (Phi) is 2.71. The van der Waals surface area contributed by atoms with Gasteiger partial charge < -0.3 is 5.32 Å². The molecule has 0 spiro atoms. The van der Waals surface area contributed by atoms with Gasteiger partial charge in [0.2, 0.25) is 0 Å². The highest BCUT2D eigenvalue weighted by atomic mass is 32.1. The van der Waals surface area contributed by atoms with E-state index in [4.69, 9.17) is 0 Å². The van der Waals surface area contributed by atoms with Crippen LogP contribution in [0.15, 0.2) is 36.0 Å². The molecule has 2 heterocycles. The molecule has 0 saturated carbocycles. The largest absolute Gasteiger partial charge is 0.379 e. The summed E-state index contributed by atoms with van der Waals surface area (Å²) in [5.41, 5.74) is 1.39. The number of rotatable bonds is 3. The van der Waals surface area contributed by atoms with Crippen LogP contribution in [0.4, 0.5) is 14.5 Å². The number of hydrogen-bond donors (Lipinski definition) is 1. The lowest BCUT2D eigenvalue weighted by atomic mass is 10.3. The van der Waals surface area contributed by atoms with Crippen LogP contribution >= 0.6 is 11.3 Å². The molecule has 0 aliphatic rings. The van der Waals surface area contributed by atoms with Crippen LogP contribution in [0.5, 0.6) is 0 Å². The van der Waals surface area contributed by atoms with Gasteiger partial charge in [-0.15, -0.1) is 11.3 Å². The molecule has 3 aromatic rings. The molecule has 0 radical (unpaired) electrons. The zero-order chi connectivity index (χ0) is 12.5. The first-order valence-corrected chi connectivity index (χ1v) is 6.20. The van der Waals surface area contributed by atoms with Crippen molar-refractivity contribution in [1.29, 1.82) is 0 Å². The van der Waals surface area contributed by atoms with Crippen molar-refractivity contribution >= 4 is 22.0 Å². The van der Waals surface area contributed by atoms with Crippen molar-refractivity contribution in [2.24, 2.45) is 0 Å². The number of hydrogen-bond acceptors (Lipinski definition) is 3. The van der Waals surface area contributed by atoms with Gasteiger partial charge in [0.15, 0.2) is 16.6 Å². The van der Waals surface area contributed by atoms with E-state index in [-0.39, 0.29) is 0 Å². The van der Waals surface area contributed by atoms with E-state index in [0.717, 1.165) is 22.8 Å². The Morgan fingerprint density at radius 1 is 1.28 bits per heavy atom. The second-order valence-corrected chi connectivity index (χ2v) is 4.68. The quantitative estimate of drug-likeness (QED) is 0.787. The van der Waals surface area contributed by atoms with Gasteiger partial charge in [-0.25, -0.2) is 13.8 Å². The van der Waals surface area contributed by atoms with Gasteiger partial charge in [0.1, 0.15) is 0 Å². The minimum Gasteiger partial charge on any atom is -0.379 e. The summed E-state index contributed by atoms with van der Waals surface area (Å²) < 4.78 is 27.7. The van der Waals surface area contributed by atoms with Crippen molar-refractivity contribution in [2.75, 3.05) is 5.32 Å². The molecule has 92 valence electrons. The van der Waals surface area contributed by atoms with Crippen LogP contribution in [0.3, 0.4) is 0 Å². The number of halogens is 2. The fraction of sp³-hybridized carbons (Fsp3) is 0.0833. The van der Waals surface area contributed by atoms with Gasteiger partial charge in [-0.05, 0) is 12.1 Å². The Morgan fingerprint density at radius 2 is 2.17 bits per heavy atom. The zero-order valence-corrected chi connectivity index (χ0v) is 10.0. The lowest BCUT2D eigenvalue weighted by molar-refractivity contribution is 0.509. The summed E-state index contributed by atoms with van der Waals surface area (Å²) in [5, 5.41) is 4.96. The maximum atomic E-state index is 13.0. The Hall–Kier alpha value is -1.95. The Morgan fingerprint density at radius 3 is 2.94 bits per heavy atom. The number of imidazole rings is 1. The molecular formula is C12H9F2N3S. The summed E-state index contributed by atoms with van der Waals surface area (Å²) in [6.07, 6.45) is 3.83. The molecule has 1 aromatic carbocycles. The maximum absolute atomic E-state index is 13.0. The Labute approximate surface area is 106 Å². The Bertz CT molecular complexity index is 661. The predicted molar refractivity (Wildman–Crippen MR) is 66.8 cm³/mol. The van der Waals surface area contributed by atoms with E-state index in [1.807, 2.05) is 22.2 Å². The van der Waals surface area contributed by atoms with Crippen LogP contribution < -0.4 is 5.32 Å². The molecule has 2 aromatic heterocycles.